The smallest absolute Gasteiger partial charge is 0.209 e. The van der Waals surface area contributed by atoms with Gasteiger partial charge in [0, 0.05) is 0 Å². The monoisotopic (exact) mass is 178 g/mol. The van der Waals surface area contributed by atoms with E-state index in [4.69, 9.17) is 0 Å². The van der Waals surface area contributed by atoms with Gasteiger partial charge in [-0.3, -0.25) is 4.79 Å². The Balaban J connectivity index is 2.89. The van der Waals surface area contributed by atoms with Crippen molar-refractivity contribution in [1.82, 2.24) is 0 Å². The molecule has 0 atom stereocenters. The van der Waals surface area contributed by atoms with Crippen LogP contribution >= 0.6 is 12.6 Å². The quantitative estimate of drug-likeness (QED) is 0.544. The van der Waals surface area contributed by atoms with Gasteiger partial charge in [-0.25, -0.2) is 0 Å². The van der Waals surface area contributed by atoms with Crippen LogP contribution in [0.3, 0.4) is 0 Å². The van der Waals surface area contributed by atoms with Crippen LogP contribution in [0.2, 0.25) is 0 Å². The highest BCUT2D eigenvalue weighted by Crippen LogP contribution is 2.08. The summed E-state index contributed by atoms with van der Waals surface area (Å²) < 4.78 is 0. The summed E-state index contributed by atoms with van der Waals surface area (Å²) in [6.07, 6.45) is 3.22. The molecule has 1 aromatic carbocycles. The fourth-order valence-electron chi connectivity index (χ4n) is 0.935. The van der Waals surface area contributed by atoms with Crippen molar-refractivity contribution < 1.29 is 4.79 Å². The second-order valence-electron chi connectivity index (χ2n) is 2.53. The molecule has 2 heteroatoms. The number of carbonyl (C=O) groups is 1. The molecule has 12 heavy (non-hydrogen) atoms. The lowest BCUT2D eigenvalue weighted by Crippen LogP contribution is -1.80. The fraction of sp³-hybridized carbons (Fsp3) is 0.100. The molecular formula is C10H10OS. The van der Waals surface area contributed by atoms with Gasteiger partial charge in [-0.15, -0.1) is 12.6 Å². The Hall–Kier alpha value is -1.02. The maximum absolute atomic E-state index is 10.5. The number of aryl methyl sites for hydroxylation is 1. The summed E-state index contributed by atoms with van der Waals surface area (Å²) in [4.78, 5) is 10.5. The molecule has 0 heterocycles. The molecule has 0 amide bonds. The van der Waals surface area contributed by atoms with Crippen LogP contribution in [0.1, 0.15) is 11.1 Å². The van der Waals surface area contributed by atoms with Crippen molar-refractivity contribution in [2.45, 2.75) is 6.92 Å². The zero-order valence-corrected chi connectivity index (χ0v) is 7.71. The highest BCUT2D eigenvalue weighted by molar-refractivity contribution is 7.97. The van der Waals surface area contributed by atoms with E-state index < -0.39 is 0 Å². The van der Waals surface area contributed by atoms with Crippen molar-refractivity contribution in [2.75, 3.05) is 0 Å². The number of rotatable bonds is 2. The molecule has 0 aliphatic heterocycles. The van der Waals surface area contributed by atoms with Crippen molar-refractivity contribution in [3.63, 3.8) is 0 Å². The van der Waals surface area contributed by atoms with E-state index in [0.717, 1.165) is 11.1 Å². The van der Waals surface area contributed by atoms with E-state index in [1.54, 1.807) is 6.08 Å². The van der Waals surface area contributed by atoms with Gasteiger partial charge in [0.05, 0.1) is 0 Å². The molecule has 0 N–H and O–H groups in total. The van der Waals surface area contributed by atoms with Gasteiger partial charge in [0.1, 0.15) is 0 Å². The first-order chi connectivity index (χ1) is 5.70. The zero-order chi connectivity index (χ0) is 8.97. The average molecular weight is 178 g/mol. The maximum atomic E-state index is 10.5. The van der Waals surface area contributed by atoms with E-state index in [9.17, 15) is 4.79 Å². The minimum atomic E-state index is -0.224. The van der Waals surface area contributed by atoms with E-state index in [1.807, 2.05) is 31.2 Å². The Labute approximate surface area is 77.5 Å². The van der Waals surface area contributed by atoms with Crippen molar-refractivity contribution in [3.05, 3.63) is 41.5 Å². The third-order valence-corrected chi connectivity index (χ3v) is 1.74. The molecule has 0 bridgehead atoms. The minimum Gasteiger partial charge on any atom is -0.283 e. The lowest BCUT2D eigenvalue weighted by atomic mass is 10.1. The van der Waals surface area contributed by atoms with Crippen LogP contribution in [0.15, 0.2) is 30.3 Å². The molecule has 0 unspecified atom stereocenters. The molecule has 1 rings (SSSR count). The summed E-state index contributed by atoms with van der Waals surface area (Å²) in [5.41, 5.74) is 2.21. The molecule has 0 saturated heterocycles. The van der Waals surface area contributed by atoms with E-state index in [0.29, 0.717) is 0 Å². The summed E-state index contributed by atoms with van der Waals surface area (Å²) >= 11 is 3.64. The minimum absolute atomic E-state index is 0.224. The molecule has 1 nitrogen and oxygen atoms in total. The van der Waals surface area contributed by atoms with E-state index in [-0.39, 0.29) is 5.12 Å². The third-order valence-electron chi connectivity index (χ3n) is 1.59. The Bertz CT molecular complexity index is 315. The lowest BCUT2D eigenvalue weighted by Gasteiger charge is -1.96. The van der Waals surface area contributed by atoms with Crippen LogP contribution in [0.5, 0.6) is 0 Å². The SMILES string of the molecule is Cc1ccccc1/C=C/C(=O)S. The Morgan fingerprint density at radius 1 is 1.42 bits per heavy atom. The van der Waals surface area contributed by atoms with Crippen molar-refractivity contribution >= 4 is 23.8 Å². The van der Waals surface area contributed by atoms with Crippen molar-refractivity contribution in [1.29, 1.82) is 0 Å². The van der Waals surface area contributed by atoms with E-state index in [1.165, 1.54) is 6.08 Å². The van der Waals surface area contributed by atoms with Crippen LogP contribution in [-0.4, -0.2) is 5.12 Å². The number of hydrogen-bond acceptors (Lipinski definition) is 1. The largest absolute Gasteiger partial charge is 0.283 e. The van der Waals surface area contributed by atoms with Gasteiger partial charge >= 0.3 is 0 Å². The Morgan fingerprint density at radius 3 is 2.67 bits per heavy atom. The second kappa shape index (κ2) is 4.12. The van der Waals surface area contributed by atoms with E-state index in [2.05, 4.69) is 12.6 Å². The number of hydrogen-bond donors (Lipinski definition) is 1. The molecule has 0 aromatic heterocycles. The number of benzene rings is 1. The van der Waals surface area contributed by atoms with Gasteiger partial charge in [0.2, 0.25) is 5.12 Å². The molecule has 0 radical (unpaired) electrons. The third kappa shape index (κ3) is 2.55. The average Bonchev–Trinajstić information content (AvgIpc) is 2.03. The van der Waals surface area contributed by atoms with Gasteiger partial charge in [-0.1, -0.05) is 30.3 Å². The molecule has 0 aliphatic carbocycles. The highest BCUT2D eigenvalue weighted by Gasteiger charge is 1.91. The van der Waals surface area contributed by atoms with Gasteiger partial charge < -0.3 is 0 Å². The van der Waals surface area contributed by atoms with Gasteiger partial charge in [-0.05, 0) is 24.1 Å². The first-order valence-corrected chi connectivity index (χ1v) is 4.11. The molecule has 62 valence electrons. The van der Waals surface area contributed by atoms with E-state index >= 15 is 0 Å². The summed E-state index contributed by atoms with van der Waals surface area (Å²) in [5, 5.41) is -0.224. The fourth-order valence-corrected chi connectivity index (χ4v) is 1.01. The Morgan fingerprint density at radius 2 is 2.08 bits per heavy atom. The highest BCUT2D eigenvalue weighted by atomic mass is 32.1. The molecular weight excluding hydrogens is 168 g/mol. The number of thiol groups is 1. The van der Waals surface area contributed by atoms with Crippen molar-refractivity contribution in [3.8, 4) is 0 Å². The van der Waals surface area contributed by atoms with Crippen LogP contribution in [0.25, 0.3) is 6.08 Å². The standard InChI is InChI=1S/C10H10OS/c1-8-4-2-3-5-9(8)6-7-10(11)12/h2-7H,1H3,(H,11,12)/b7-6+. The van der Waals surface area contributed by atoms with Crippen molar-refractivity contribution in [2.24, 2.45) is 0 Å². The van der Waals surface area contributed by atoms with Gasteiger partial charge in [0.25, 0.3) is 0 Å². The molecule has 0 spiro atoms. The molecule has 1 aromatic rings. The first kappa shape index (κ1) is 9.07. The summed E-state index contributed by atoms with van der Waals surface area (Å²) in [6, 6.07) is 7.87. The zero-order valence-electron chi connectivity index (χ0n) is 6.82. The molecule has 0 saturated carbocycles. The summed E-state index contributed by atoms with van der Waals surface area (Å²) in [6.45, 7) is 2.00. The predicted molar refractivity (Wildman–Crippen MR) is 54.2 cm³/mol. The predicted octanol–water partition coefficient (Wildman–Crippen LogP) is 2.46. The van der Waals surface area contributed by atoms with Crippen LogP contribution < -0.4 is 0 Å². The van der Waals surface area contributed by atoms with Crippen LogP contribution in [0.4, 0.5) is 0 Å². The summed E-state index contributed by atoms with van der Waals surface area (Å²) in [5.74, 6) is 0. The number of carbonyl (C=O) groups excluding carboxylic acids is 1. The molecule has 0 aliphatic rings. The van der Waals surface area contributed by atoms with Gasteiger partial charge in [0.15, 0.2) is 0 Å². The van der Waals surface area contributed by atoms with Gasteiger partial charge in [-0.2, -0.15) is 0 Å². The topological polar surface area (TPSA) is 17.1 Å². The summed E-state index contributed by atoms with van der Waals surface area (Å²) in [7, 11) is 0. The second-order valence-corrected chi connectivity index (χ2v) is 2.97. The normalized spacial score (nSPS) is 10.5. The first-order valence-electron chi connectivity index (χ1n) is 3.67. The maximum Gasteiger partial charge on any atom is 0.209 e. The lowest BCUT2D eigenvalue weighted by molar-refractivity contribution is -0.106. The molecule has 0 fully saturated rings. The Kier molecular flexibility index (Phi) is 3.11. The van der Waals surface area contributed by atoms with Crippen LogP contribution in [0, 0.1) is 6.92 Å². The van der Waals surface area contributed by atoms with Crippen LogP contribution in [-0.2, 0) is 4.79 Å².